The zero-order chi connectivity index (χ0) is 19.6. The van der Waals surface area contributed by atoms with Crippen LogP contribution in [0.25, 0.3) is 0 Å². The molecule has 2 aliphatic rings. The summed E-state index contributed by atoms with van der Waals surface area (Å²) in [6.07, 6.45) is 3.67. The monoisotopic (exact) mass is 394 g/mol. The van der Waals surface area contributed by atoms with Gasteiger partial charge in [0.15, 0.2) is 0 Å². The van der Waals surface area contributed by atoms with Gasteiger partial charge in [-0.2, -0.15) is 0 Å². The minimum atomic E-state index is -0.836. The van der Waals surface area contributed by atoms with Gasteiger partial charge in [0.2, 0.25) is 5.91 Å². The largest absolute Gasteiger partial charge is 0.491 e. The van der Waals surface area contributed by atoms with Crippen molar-refractivity contribution in [1.82, 2.24) is 9.80 Å². The molecule has 0 radical (unpaired) electrons. The quantitative estimate of drug-likeness (QED) is 0.852. The molecule has 150 valence electrons. The summed E-state index contributed by atoms with van der Waals surface area (Å²) in [7, 11) is 0. The fourth-order valence-electron chi connectivity index (χ4n) is 4.33. The molecule has 0 unspecified atom stereocenters. The van der Waals surface area contributed by atoms with Crippen LogP contribution in [-0.2, 0) is 4.79 Å². The number of amides is 1. The van der Waals surface area contributed by atoms with E-state index in [0.717, 1.165) is 67.2 Å². The minimum absolute atomic E-state index is 0.158. The molecule has 1 amide bonds. The first-order valence-electron chi connectivity index (χ1n) is 9.89. The number of nitrogens with zero attached hydrogens (tertiary/aromatic N) is 2. The van der Waals surface area contributed by atoms with Crippen LogP contribution >= 0.6 is 11.6 Å². The fraction of sp³-hybridized carbons (Fsp3) is 0.667. The summed E-state index contributed by atoms with van der Waals surface area (Å²) < 4.78 is 5.96. The van der Waals surface area contributed by atoms with Crippen molar-refractivity contribution in [3.05, 3.63) is 28.3 Å². The van der Waals surface area contributed by atoms with E-state index < -0.39 is 5.60 Å². The predicted octanol–water partition coefficient (Wildman–Crippen LogP) is 3.17. The van der Waals surface area contributed by atoms with Crippen LogP contribution in [0.5, 0.6) is 5.75 Å². The third-order valence-corrected chi connectivity index (χ3v) is 6.52. The van der Waals surface area contributed by atoms with Gasteiger partial charge >= 0.3 is 0 Å². The highest BCUT2D eigenvalue weighted by molar-refractivity contribution is 6.32. The van der Waals surface area contributed by atoms with Crippen molar-refractivity contribution >= 4 is 17.5 Å². The average molecular weight is 395 g/mol. The molecule has 1 N–H and O–H groups in total. The Balaban J connectivity index is 1.57. The number of β-amino-alcohol motifs (C(OH)–C–C–N with tert-alkyl or cyclic N) is 1. The van der Waals surface area contributed by atoms with Gasteiger partial charge in [0.05, 0.1) is 0 Å². The number of hydrogen-bond acceptors (Lipinski definition) is 4. The van der Waals surface area contributed by atoms with Crippen LogP contribution in [0, 0.1) is 13.8 Å². The topological polar surface area (TPSA) is 53.0 Å². The van der Waals surface area contributed by atoms with Gasteiger partial charge in [-0.1, -0.05) is 11.6 Å². The van der Waals surface area contributed by atoms with Crippen molar-refractivity contribution < 1.29 is 14.6 Å². The molecule has 1 atom stereocenters. The van der Waals surface area contributed by atoms with Crippen LogP contribution in [0.15, 0.2) is 12.1 Å². The first-order chi connectivity index (χ1) is 12.8. The molecule has 6 heteroatoms. The second-order valence-corrected chi connectivity index (χ2v) is 8.57. The number of halogens is 1. The highest BCUT2D eigenvalue weighted by Gasteiger charge is 2.37. The van der Waals surface area contributed by atoms with Crippen molar-refractivity contribution in [1.29, 1.82) is 0 Å². The summed E-state index contributed by atoms with van der Waals surface area (Å²) in [6.45, 7) is 9.12. The maximum atomic E-state index is 11.5. The molecule has 0 saturated carbocycles. The number of piperidine rings is 2. The van der Waals surface area contributed by atoms with E-state index in [9.17, 15) is 9.90 Å². The molecule has 0 spiro atoms. The van der Waals surface area contributed by atoms with Gasteiger partial charge in [-0.3, -0.25) is 9.69 Å². The number of carbonyl (C=O) groups excluding carboxylic acids is 1. The van der Waals surface area contributed by atoms with Gasteiger partial charge in [-0.15, -0.1) is 0 Å². The number of carbonyl (C=O) groups is 1. The molecule has 1 aromatic carbocycles. The molecule has 27 heavy (non-hydrogen) atoms. The van der Waals surface area contributed by atoms with Crippen LogP contribution in [0.1, 0.15) is 43.7 Å². The third kappa shape index (κ3) is 4.95. The number of hydrogen-bond donors (Lipinski definition) is 1. The first kappa shape index (κ1) is 20.4. The Morgan fingerprint density at radius 2 is 1.89 bits per heavy atom. The second-order valence-electron chi connectivity index (χ2n) is 8.20. The Kier molecular flexibility index (Phi) is 6.34. The van der Waals surface area contributed by atoms with Gasteiger partial charge in [0, 0.05) is 37.6 Å². The predicted molar refractivity (Wildman–Crippen MR) is 107 cm³/mol. The highest BCUT2D eigenvalue weighted by atomic mass is 35.5. The molecule has 2 saturated heterocycles. The van der Waals surface area contributed by atoms with Crippen LogP contribution in [0.2, 0.25) is 5.02 Å². The molecule has 2 heterocycles. The van der Waals surface area contributed by atoms with Crippen molar-refractivity contribution in [2.24, 2.45) is 0 Å². The first-order valence-corrected chi connectivity index (χ1v) is 10.3. The standard InChI is InChI=1S/C21H31ClN2O3/c1-15-11-19(12-16(2)20(15)22)27-14-21(26)7-4-8-24(13-21)18-5-9-23(10-6-18)17(3)25/h11-12,18,26H,4-10,13-14H2,1-3H3/t21-/m0/s1. The van der Waals surface area contributed by atoms with Gasteiger partial charge in [0.1, 0.15) is 18.0 Å². The van der Waals surface area contributed by atoms with Gasteiger partial charge < -0.3 is 14.7 Å². The molecule has 0 bridgehead atoms. The van der Waals surface area contributed by atoms with Crippen molar-refractivity contribution in [3.8, 4) is 5.75 Å². The maximum absolute atomic E-state index is 11.5. The van der Waals surface area contributed by atoms with Crippen molar-refractivity contribution in [2.75, 3.05) is 32.8 Å². The molecule has 3 rings (SSSR count). The Bertz CT molecular complexity index is 665. The van der Waals surface area contributed by atoms with E-state index in [1.807, 2.05) is 30.9 Å². The van der Waals surface area contributed by atoms with E-state index >= 15 is 0 Å². The summed E-state index contributed by atoms with van der Waals surface area (Å²) in [6, 6.07) is 4.29. The molecule has 2 fully saturated rings. The number of rotatable bonds is 4. The van der Waals surface area contributed by atoms with E-state index in [0.29, 0.717) is 12.6 Å². The van der Waals surface area contributed by atoms with E-state index in [1.165, 1.54) is 0 Å². The number of aliphatic hydroxyl groups is 1. The summed E-state index contributed by atoms with van der Waals surface area (Å²) in [5.74, 6) is 0.917. The summed E-state index contributed by atoms with van der Waals surface area (Å²) in [5, 5.41) is 11.9. The zero-order valence-electron chi connectivity index (χ0n) is 16.6. The summed E-state index contributed by atoms with van der Waals surface area (Å²) in [4.78, 5) is 15.8. The van der Waals surface area contributed by atoms with Crippen LogP contribution < -0.4 is 4.74 Å². The van der Waals surface area contributed by atoms with E-state index in [4.69, 9.17) is 16.3 Å². The molecule has 2 aliphatic heterocycles. The van der Waals surface area contributed by atoms with Gasteiger partial charge in [0.25, 0.3) is 0 Å². The van der Waals surface area contributed by atoms with Gasteiger partial charge in [-0.25, -0.2) is 0 Å². The van der Waals surface area contributed by atoms with Gasteiger partial charge in [-0.05, 0) is 69.3 Å². The summed E-state index contributed by atoms with van der Waals surface area (Å²) in [5.41, 5.74) is 1.14. The summed E-state index contributed by atoms with van der Waals surface area (Å²) >= 11 is 6.22. The third-order valence-electron chi connectivity index (χ3n) is 5.93. The molecular weight excluding hydrogens is 364 g/mol. The Labute approximate surface area is 167 Å². The van der Waals surface area contributed by atoms with E-state index in [1.54, 1.807) is 6.92 Å². The van der Waals surface area contributed by atoms with Crippen LogP contribution in [0.3, 0.4) is 0 Å². The number of likely N-dealkylation sites (tertiary alicyclic amines) is 2. The number of aryl methyl sites for hydroxylation is 2. The lowest BCUT2D eigenvalue weighted by Crippen LogP contribution is -2.56. The van der Waals surface area contributed by atoms with Crippen molar-refractivity contribution in [3.63, 3.8) is 0 Å². The smallest absolute Gasteiger partial charge is 0.219 e. The van der Waals surface area contributed by atoms with Crippen LogP contribution in [-0.4, -0.2) is 65.2 Å². The Hall–Kier alpha value is -1.30. The highest BCUT2D eigenvalue weighted by Crippen LogP contribution is 2.29. The maximum Gasteiger partial charge on any atom is 0.219 e. The second kappa shape index (κ2) is 8.38. The average Bonchev–Trinajstić information content (AvgIpc) is 2.64. The molecule has 0 aromatic heterocycles. The minimum Gasteiger partial charge on any atom is -0.491 e. The molecular formula is C21H31ClN2O3. The number of benzene rings is 1. The Morgan fingerprint density at radius 1 is 1.26 bits per heavy atom. The normalized spacial score (nSPS) is 24.9. The molecule has 0 aliphatic carbocycles. The Morgan fingerprint density at radius 3 is 2.48 bits per heavy atom. The number of ether oxygens (including phenoxy) is 1. The van der Waals surface area contributed by atoms with Crippen LogP contribution in [0.4, 0.5) is 0 Å². The van der Waals surface area contributed by atoms with E-state index in [-0.39, 0.29) is 12.5 Å². The SMILES string of the molecule is CC(=O)N1CCC(N2CCC[C@@](O)(COc3cc(C)c(Cl)c(C)c3)C2)CC1. The van der Waals surface area contributed by atoms with E-state index in [2.05, 4.69) is 4.90 Å². The zero-order valence-corrected chi connectivity index (χ0v) is 17.4. The lowest BCUT2D eigenvalue weighted by atomic mass is 9.90. The lowest BCUT2D eigenvalue weighted by Gasteiger charge is -2.45. The molecule has 1 aromatic rings. The lowest BCUT2D eigenvalue weighted by molar-refractivity contribution is -0.131. The van der Waals surface area contributed by atoms with Crippen molar-refractivity contribution in [2.45, 2.75) is 58.1 Å². The fourth-order valence-corrected chi connectivity index (χ4v) is 4.44. The molecule has 5 nitrogen and oxygen atoms in total.